The Morgan fingerprint density at radius 2 is 1.86 bits per heavy atom. The largest absolute Gasteiger partial charge is 0.497 e. The summed E-state index contributed by atoms with van der Waals surface area (Å²) in [4.78, 5) is 16.7. The van der Waals surface area contributed by atoms with Crippen molar-refractivity contribution in [3.8, 4) is 23.1 Å². The van der Waals surface area contributed by atoms with Crippen molar-refractivity contribution in [1.29, 1.82) is 0 Å². The highest BCUT2D eigenvalue weighted by molar-refractivity contribution is 5.76. The molecule has 0 saturated carbocycles. The van der Waals surface area contributed by atoms with Gasteiger partial charge in [0.05, 0.1) is 18.5 Å². The van der Waals surface area contributed by atoms with Gasteiger partial charge in [-0.2, -0.15) is 5.10 Å². The van der Waals surface area contributed by atoms with Crippen LogP contribution in [-0.2, 0) is 24.2 Å². The molecule has 35 heavy (non-hydrogen) atoms. The highest BCUT2D eigenvalue weighted by Gasteiger charge is 2.21. The van der Waals surface area contributed by atoms with Gasteiger partial charge in [0.1, 0.15) is 11.5 Å². The van der Waals surface area contributed by atoms with Crippen molar-refractivity contribution in [2.45, 2.75) is 39.7 Å². The number of ether oxygens (including phenoxy) is 2. The zero-order valence-electron chi connectivity index (χ0n) is 20.3. The number of pyridine rings is 1. The lowest BCUT2D eigenvalue weighted by Gasteiger charge is -2.13. The number of rotatable bonds is 10. The van der Waals surface area contributed by atoms with Gasteiger partial charge in [-0.25, -0.2) is 4.68 Å². The maximum absolute atomic E-state index is 12.6. The standard InChI is InChI=1S/C28H30N4O3/c1-4-25-24(15-16-27(33)30-19-21-9-7-17-29-18-21)28(35-26-10-6-5-8-20(26)2)32(31-25)22-11-13-23(34-3)14-12-22/h5-14,17-18H,4,15-16,19H2,1-3H3,(H,30,33). The Balaban J connectivity index is 1.61. The summed E-state index contributed by atoms with van der Waals surface area (Å²) in [6.07, 6.45) is 5.03. The van der Waals surface area contributed by atoms with E-state index in [1.807, 2.05) is 72.3 Å². The molecule has 2 aromatic carbocycles. The molecule has 0 aliphatic heterocycles. The quantitative estimate of drug-likeness (QED) is 0.345. The lowest BCUT2D eigenvalue weighted by molar-refractivity contribution is -0.121. The van der Waals surface area contributed by atoms with Crippen LogP contribution in [0, 0.1) is 6.92 Å². The van der Waals surface area contributed by atoms with E-state index in [-0.39, 0.29) is 5.91 Å². The Labute approximate surface area is 205 Å². The normalized spacial score (nSPS) is 10.7. The van der Waals surface area contributed by atoms with Crippen LogP contribution in [0.15, 0.2) is 73.1 Å². The maximum atomic E-state index is 12.6. The predicted octanol–water partition coefficient (Wildman–Crippen LogP) is 5.19. The minimum Gasteiger partial charge on any atom is -0.497 e. The average Bonchev–Trinajstić information content (AvgIpc) is 3.25. The lowest BCUT2D eigenvalue weighted by Crippen LogP contribution is -2.23. The van der Waals surface area contributed by atoms with Gasteiger partial charge in [0.25, 0.3) is 0 Å². The Bertz CT molecular complexity index is 1270. The molecular formula is C28H30N4O3. The van der Waals surface area contributed by atoms with Gasteiger partial charge in [-0.05, 0) is 67.3 Å². The van der Waals surface area contributed by atoms with Crippen LogP contribution in [0.3, 0.4) is 0 Å². The van der Waals surface area contributed by atoms with E-state index in [2.05, 4.69) is 17.2 Å². The second kappa shape index (κ2) is 11.3. The highest BCUT2D eigenvalue weighted by atomic mass is 16.5. The second-order valence-corrected chi connectivity index (χ2v) is 8.20. The first-order chi connectivity index (χ1) is 17.1. The number of methoxy groups -OCH3 is 1. The summed E-state index contributed by atoms with van der Waals surface area (Å²) < 4.78 is 13.6. The molecule has 7 nitrogen and oxygen atoms in total. The Hall–Kier alpha value is -4.13. The summed E-state index contributed by atoms with van der Waals surface area (Å²) in [5, 5.41) is 7.84. The molecule has 0 saturated heterocycles. The van der Waals surface area contributed by atoms with Crippen molar-refractivity contribution >= 4 is 5.91 Å². The molecule has 0 fully saturated rings. The minimum atomic E-state index is -0.0325. The van der Waals surface area contributed by atoms with Crippen LogP contribution in [0.5, 0.6) is 17.4 Å². The smallest absolute Gasteiger partial charge is 0.226 e. The Morgan fingerprint density at radius 3 is 2.54 bits per heavy atom. The molecule has 7 heteroatoms. The van der Waals surface area contributed by atoms with Crippen LogP contribution in [-0.4, -0.2) is 27.8 Å². The average molecular weight is 471 g/mol. The van der Waals surface area contributed by atoms with Gasteiger partial charge < -0.3 is 14.8 Å². The first-order valence-corrected chi connectivity index (χ1v) is 11.7. The topological polar surface area (TPSA) is 78.3 Å². The van der Waals surface area contributed by atoms with Crippen molar-refractivity contribution in [2.24, 2.45) is 0 Å². The summed E-state index contributed by atoms with van der Waals surface area (Å²) in [7, 11) is 1.64. The molecule has 0 bridgehead atoms. The van der Waals surface area contributed by atoms with E-state index in [1.54, 1.807) is 19.5 Å². The number of aryl methyl sites for hydroxylation is 2. The first-order valence-electron chi connectivity index (χ1n) is 11.7. The number of aromatic nitrogens is 3. The molecule has 2 heterocycles. The zero-order chi connectivity index (χ0) is 24.6. The molecule has 0 radical (unpaired) electrons. The van der Waals surface area contributed by atoms with Crippen molar-refractivity contribution in [3.05, 3.63) is 95.4 Å². The van der Waals surface area contributed by atoms with Gasteiger partial charge in [0, 0.05) is 30.9 Å². The van der Waals surface area contributed by atoms with E-state index in [0.29, 0.717) is 25.3 Å². The fourth-order valence-corrected chi connectivity index (χ4v) is 3.82. The molecule has 0 aliphatic rings. The Kier molecular flexibility index (Phi) is 7.77. The van der Waals surface area contributed by atoms with Crippen molar-refractivity contribution < 1.29 is 14.3 Å². The van der Waals surface area contributed by atoms with E-state index in [1.165, 1.54) is 0 Å². The molecule has 0 spiro atoms. The number of carbonyl (C=O) groups excluding carboxylic acids is 1. The number of carbonyl (C=O) groups is 1. The summed E-state index contributed by atoms with van der Waals surface area (Å²) in [5.41, 5.74) is 4.68. The lowest BCUT2D eigenvalue weighted by atomic mass is 10.1. The molecule has 0 atom stereocenters. The fraction of sp³-hybridized carbons (Fsp3) is 0.250. The maximum Gasteiger partial charge on any atom is 0.226 e. The number of amides is 1. The fourth-order valence-electron chi connectivity index (χ4n) is 3.82. The highest BCUT2D eigenvalue weighted by Crippen LogP contribution is 2.33. The molecule has 0 aliphatic carbocycles. The van der Waals surface area contributed by atoms with Crippen molar-refractivity contribution in [3.63, 3.8) is 0 Å². The van der Waals surface area contributed by atoms with Crippen LogP contribution >= 0.6 is 0 Å². The van der Waals surface area contributed by atoms with E-state index >= 15 is 0 Å². The number of hydrogen-bond acceptors (Lipinski definition) is 5. The number of nitrogens with zero attached hydrogens (tertiary/aromatic N) is 3. The SMILES string of the molecule is CCc1nn(-c2ccc(OC)cc2)c(Oc2ccccc2C)c1CCC(=O)NCc1cccnc1. The molecule has 1 N–H and O–H groups in total. The molecule has 0 unspecified atom stereocenters. The molecule has 2 aromatic heterocycles. The molecule has 1 amide bonds. The Morgan fingerprint density at radius 1 is 1.06 bits per heavy atom. The van der Waals surface area contributed by atoms with Gasteiger partial charge in [-0.1, -0.05) is 31.2 Å². The zero-order valence-corrected chi connectivity index (χ0v) is 20.3. The van der Waals surface area contributed by atoms with Crippen molar-refractivity contribution in [2.75, 3.05) is 7.11 Å². The molecule has 4 aromatic rings. The van der Waals surface area contributed by atoms with Gasteiger partial charge in [0.2, 0.25) is 11.8 Å². The van der Waals surface area contributed by atoms with Crippen LogP contribution in [0.2, 0.25) is 0 Å². The number of benzene rings is 2. The monoisotopic (exact) mass is 470 g/mol. The summed E-state index contributed by atoms with van der Waals surface area (Å²) in [6.45, 7) is 4.52. The number of para-hydroxylation sites is 1. The predicted molar refractivity (Wildman–Crippen MR) is 135 cm³/mol. The molecule has 180 valence electrons. The minimum absolute atomic E-state index is 0.0325. The van der Waals surface area contributed by atoms with Crippen LogP contribution in [0.25, 0.3) is 5.69 Å². The van der Waals surface area contributed by atoms with E-state index in [4.69, 9.17) is 14.6 Å². The van der Waals surface area contributed by atoms with Crippen LogP contribution < -0.4 is 14.8 Å². The molecular weight excluding hydrogens is 440 g/mol. The first kappa shape index (κ1) is 24.0. The van der Waals surface area contributed by atoms with Crippen LogP contribution in [0.4, 0.5) is 0 Å². The number of nitrogens with one attached hydrogen (secondary N) is 1. The third kappa shape index (κ3) is 5.87. The van der Waals surface area contributed by atoms with Gasteiger partial charge in [-0.15, -0.1) is 0 Å². The third-order valence-corrected chi connectivity index (χ3v) is 5.79. The van der Waals surface area contributed by atoms with Gasteiger partial charge in [0.15, 0.2) is 0 Å². The molecule has 4 rings (SSSR count). The summed E-state index contributed by atoms with van der Waals surface area (Å²) in [5.74, 6) is 2.12. The van der Waals surface area contributed by atoms with Crippen LogP contribution in [0.1, 0.15) is 35.7 Å². The van der Waals surface area contributed by atoms with E-state index in [9.17, 15) is 4.79 Å². The third-order valence-electron chi connectivity index (χ3n) is 5.79. The van der Waals surface area contributed by atoms with E-state index < -0.39 is 0 Å². The summed E-state index contributed by atoms with van der Waals surface area (Å²) >= 11 is 0. The van der Waals surface area contributed by atoms with Gasteiger partial charge in [-0.3, -0.25) is 9.78 Å². The second-order valence-electron chi connectivity index (χ2n) is 8.20. The summed E-state index contributed by atoms with van der Waals surface area (Å²) in [6, 6.07) is 19.4. The number of hydrogen-bond donors (Lipinski definition) is 1. The van der Waals surface area contributed by atoms with E-state index in [0.717, 1.165) is 46.0 Å². The van der Waals surface area contributed by atoms with Gasteiger partial charge >= 0.3 is 0 Å². The van der Waals surface area contributed by atoms with Crippen molar-refractivity contribution in [1.82, 2.24) is 20.1 Å².